The number of carbonyl (C=O) groups is 1. The summed E-state index contributed by atoms with van der Waals surface area (Å²) in [4.78, 5) is 14.0. The van der Waals surface area contributed by atoms with E-state index in [1.54, 1.807) is 30.4 Å². The van der Waals surface area contributed by atoms with Crippen molar-refractivity contribution in [2.24, 2.45) is 5.92 Å². The van der Waals surface area contributed by atoms with Gasteiger partial charge in [-0.3, -0.25) is 4.79 Å². The van der Waals surface area contributed by atoms with Crippen molar-refractivity contribution >= 4 is 35.2 Å². The van der Waals surface area contributed by atoms with Crippen LogP contribution in [-0.4, -0.2) is 37.5 Å². The van der Waals surface area contributed by atoms with E-state index < -0.39 is 0 Å². The van der Waals surface area contributed by atoms with Gasteiger partial charge in [0.25, 0.3) is 0 Å². The highest BCUT2D eigenvalue weighted by Crippen LogP contribution is 2.22. The van der Waals surface area contributed by atoms with Crippen LogP contribution < -0.4 is 5.32 Å². The molecule has 1 heterocycles. The van der Waals surface area contributed by atoms with Crippen molar-refractivity contribution in [3.05, 3.63) is 39.9 Å². The van der Waals surface area contributed by atoms with E-state index in [1.165, 1.54) is 0 Å². The summed E-state index contributed by atoms with van der Waals surface area (Å²) in [5.41, 5.74) is 0.762. The lowest BCUT2D eigenvalue weighted by molar-refractivity contribution is -0.125. The maximum absolute atomic E-state index is 12.1. The maximum Gasteiger partial charge on any atom is 0.246 e. The Kier molecular flexibility index (Phi) is 5.46. The number of carbonyl (C=O) groups excluding carboxylic acids is 1. The summed E-state index contributed by atoms with van der Waals surface area (Å²) in [6, 6.07) is 5.21. The first-order valence-corrected chi connectivity index (χ1v) is 7.42. The molecule has 0 spiro atoms. The molecule has 0 aliphatic carbocycles. The van der Waals surface area contributed by atoms with Gasteiger partial charge in [0.1, 0.15) is 0 Å². The van der Waals surface area contributed by atoms with Gasteiger partial charge in [-0.1, -0.05) is 23.2 Å². The van der Waals surface area contributed by atoms with Crippen molar-refractivity contribution in [2.45, 2.75) is 6.42 Å². The standard InChI is InChI=1S/C15H18Cl2N2O/c1-18-9-11-6-7-19(10-11)15(20)5-2-12-8-13(16)3-4-14(12)17/h2-5,8,11,18H,6-7,9-10H2,1H3/b5-2+. The molecular weight excluding hydrogens is 295 g/mol. The van der Waals surface area contributed by atoms with Crippen molar-refractivity contribution in [2.75, 3.05) is 26.7 Å². The number of benzene rings is 1. The van der Waals surface area contributed by atoms with E-state index in [9.17, 15) is 4.79 Å². The zero-order chi connectivity index (χ0) is 14.5. The third-order valence-corrected chi connectivity index (χ3v) is 4.03. The zero-order valence-corrected chi connectivity index (χ0v) is 12.9. The molecule has 0 radical (unpaired) electrons. The molecule has 1 fully saturated rings. The topological polar surface area (TPSA) is 32.3 Å². The number of amides is 1. The number of rotatable bonds is 4. The summed E-state index contributed by atoms with van der Waals surface area (Å²) in [5, 5.41) is 4.35. The first kappa shape index (κ1) is 15.4. The van der Waals surface area contributed by atoms with E-state index in [0.717, 1.165) is 31.6 Å². The second-order valence-electron chi connectivity index (χ2n) is 5.00. The van der Waals surface area contributed by atoms with Crippen LogP contribution >= 0.6 is 23.2 Å². The van der Waals surface area contributed by atoms with Crippen LogP contribution in [-0.2, 0) is 4.79 Å². The quantitative estimate of drug-likeness (QED) is 0.867. The fraction of sp³-hybridized carbons (Fsp3) is 0.400. The third-order valence-electron chi connectivity index (χ3n) is 3.45. The number of nitrogens with one attached hydrogen (secondary N) is 1. The summed E-state index contributed by atoms with van der Waals surface area (Å²) in [7, 11) is 1.94. The Hall–Kier alpha value is -1.03. The molecule has 1 unspecified atom stereocenters. The van der Waals surface area contributed by atoms with E-state index in [2.05, 4.69) is 5.32 Å². The summed E-state index contributed by atoms with van der Waals surface area (Å²) in [5.74, 6) is 0.576. The molecular formula is C15H18Cl2N2O. The van der Waals surface area contributed by atoms with Gasteiger partial charge in [-0.25, -0.2) is 0 Å². The molecule has 1 saturated heterocycles. The van der Waals surface area contributed by atoms with Crippen LogP contribution in [0.15, 0.2) is 24.3 Å². The van der Waals surface area contributed by atoms with Crippen LogP contribution in [0.5, 0.6) is 0 Å². The molecule has 0 bridgehead atoms. The third kappa shape index (κ3) is 3.98. The minimum absolute atomic E-state index is 0.0274. The van der Waals surface area contributed by atoms with Crippen LogP contribution in [0.3, 0.4) is 0 Å². The Morgan fingerprint density at radius 1 is 1.50 bits per heavy atom. The lowest BCUT2D eigenvalue weighted by Crippen LogP contribution is -2.28. The lowest BCUT2D eigenvalue weighted by atomic mass is 10.1. The number of hydrogen-bond donors (Lipinski definition) is 1. The Labute approximate surface area is 129 Å². The fourth-order valence-corrected chi connectivity index (χ4v) is 2.76. The molecule has 1 aliphatic rings. The van der Waals surface area contributed by atoms with Crippen molar-refractivity contribution in [3.63, 3.8) is 0 Å². The zero-order valence-electron chi connectivity index (χ0n) is 11.4. The minimum Gasteiger partial charge on any atom is -0.339 e. The van der Waals surface area contributed by atoms with Gasteiger partial charge in [0.2, 0.25) is 5.91 Å². The molecule has 0 aromatic heterocycles. The molecule has 3 nitrogen and oxygen atoms in total. The number of likely N-dealkylation sites (tertiary alicyclic amines) is 1. The Morgan fingerprint density at radius 2 is 2.30 bits per heavy atom. The highest BCUT2D eigenvalue weighted by Gasteiger charge is 2.24. The molecule has 20 heavy (non-hydrogen) atoms. The van der Waals surface area contributed by atoms with E-state index in [-0.39, 0.29) is 5.91 Å². The molecule has 1 atom stereocenters. The fourth-order valence-electron chi connectivity index (χ4n) is 2.40. The van der Waals surface area contributed by atoms with Crippen LogP contribution in [0, 0.1) is 5.92 Å². The van der Waals surface area contributed by atoms with E-state index in [0.29, 0.717) is 16.0 Å². The SMILES string of the molecule is CNCC1CCN(C(=O)/C=C/c2cc(Cl)ccc2Cl)C1. The molecule has 1 amide bonds. The Morgan fingerprint density at radius 3 is 3.05 bits per heavy atom. The van der Waals surface area contributed by atoms with Crippen molar-refractivity contribution < 1.29 is 4.79 Å². The predicted octanol–water partition coefficient (Wildman–Crippen LogP) is 3.07. The Bertz CT molecular complexity index is 517. The molecule has 5 heteroatoms. The normalized spacial score (nSPS) is 18.9. The predicted molar refractivity (Wildman–Crippen MR) is 84.1 cm³/mol. The van der Waals surface area contributed by atoms with Gasteiger partial charge in [0.15, 0.2) is 0 Å². The van der Waals surface area contributed by atoms with Crippen molar-refractivity contribution in [3.8, 4) is 0 Å². The first-order valence-electron chi connectivity index (χ1n) is 6.67. The largest absolute Gasteiger partial charge is 0.339 e. The van der Waals surface area contributed by atoms with Crippen molar-refractivity contribution in [1.29, 1.82) is 0 Å². The van der Waals surface area contributed by atoms with E-state index in [4.69, 9.17) is 23.2 Å². The van der Waals surface area contributed by atoms with Gasteiger partial charge in [0, 0.05) is 29.2 Å². The molecule has 1 aromatic rings. The molecule has 1 aromatic carbocycles. The molecule has 0 saturated carbocycles. The van der Waals surface area contributed by atoms with E-state index >= 15 is 0 Å². The number of nitrogens with zero attached hydrogens (tertiary/aromatic N) is 1. The summed E-state index contributed by atoms with van der Waals surface area (Å²) >= 11 is 12.0. The highest BCUT2D eigenvalue weighted by atomic mass is 35.5. The molecule has 108 valence electrons. The van der Waals surface area contributed by atoms with Gasteiger partial charge in [0.05, 0.1) is 0 Å². The van der Waals surface area contributed by atoms with Gasteiger partial charge < -0.3 is 10.2 Å². The maximum atomic E-state index is 12.1. The van der Waals surface area contributed by atoms with Gasteiger partial charge in [-0.05, 0) is 55.8 Å². The van der Waals surface area contributed by atoms with Crippen LogP contribution in [0.4, 0.5) is 0 Å². The van der Waals surface area contributed by atoms with Crippen LogP contribution in [0.25, 0.3) is 6.08 Å². The monoisotopic (exact) mass is 312 g/mol. The molecule has 2 rings (SSSR count). The van der Waals surface area contributed by atoms with Gasteiger partial charge in [-0.15, -0.1) is 0 Å². The molecule has 1 aliphatic heterocycles. The summed E-state index contributed by atoms with van der Waals surface area (Å²) in [6.07, 6.45) is 4.35. The van der Waals surface area contributed by atoms with Crippen LogP contribution in [0.2, 0.25) is 10.0 Å². The van der Waals surface area contributed by atoms with Crippen LogP contribution in [0.1, 0.15) is 12.0 Å². The minimum atomic E-state index is 0.0274. The summed E-state index contributed by atoms with van der Waals surface area (Å²) < 4.78 is 0. The highest BCUT2D eigenvalue weighted by molar-refractivity contribution is 6.34. The second kappa shape index (κ2) is 7.11. The second-order valence-corrected chi connectivity index (χ2v) is 5.84. The average molecular weight is 313 g/mol. The first-order chi connectivity index (χ1) is 9.60. The smallest absolute Gasteiger partial charge is 0.246 e. The lowest BCUT2D eigenvalue weighted by Gasteiger charge is -2.14. The average Bonchev–Trinajstić information content (AvgIpc) is 2.88. The van der Waals surface area contributed by atoms with E-state index in [1.807, 2.05) is 11.9 Å². The van der Waals surface area contributed by atoms with Gasteiger partial charge in [-0.2, -0.15) is 0 Å². The molecule has 1 N–H and O–H groups in total. The summed E-state index contributed by atoms with van der Waals surface area (Å²) in [6.45, 7) is 2.58. The van der Waals surface area contributed by atoms with Crippen molar-refractivity contribution in [1.82, 2.24) is 10.2 Å². The number of hydrogen-bond acceptors (Lipinski definition) is 2. The Balaban J connectivity index is 1.98. The number of halogens is 2. The van der Waals surface area contributed by atoms with Gasteiger partial charge >= 0.3 is 0 Å².